The van der Waals surface area contributed by atoms with Crippen molar-refractivity contribution in [3.05, 3.63) is 77.1 Å². The first-order chi connectivity index (χ1) is 12.8. The number of fused-ring (bicyclic) bond motifs is 1. The molecular formula is C21H25N5. The quantitative estimate of drug-likeness (QED) is 0.712. The first-order valence-electron chi connectivity index (χ1n) is 9.38. The van der Waals surface area contributed by atoms with Gasteiger partial charge in [-0.25, -0.2) is 0 Å². The second-order valence-electron chi connectivity index (χ2n) is 6.97. The number of aryl methyl sites for hydroxylation is 3. The molecule has 0 fully saturated rings. The first-order valence-corrected chi connectivity index (χ1v) is 9.38. The lowest BCUT2D eigenvalue weighted by Gasteiger charge is -2.19. The summed E-state index contributed by atoms with van der Waals surface area (Å²) in [7, 11) is 0. The van der Waals surface area contributed by atoms with Gasteiger partial charge in [0.1, 0.15) is 11.6 Å². The summed E-state index contributed by atoms with van der Waals surface area (Å²) in [6.45, 7) is 5.93. The summed E-state index contributed by atoms with van der Waals surface area (Å²) in [4.78, 5) is 7.11. The monoisotopic (exact) mass is 347 g/mol. The van der Waals surface area contributed by atoms with Crippen LogP contribution in [-0.2, 0) is 32.4 Å². The predicted octanol–water partition coefficient (Wildman–Crippen LogP) is 2.83. The van der Waals surface area contributed by atoms with E-state index in [0.29, 0.717) is 0 Å². The van der Waals surface area contributed by atoms with Crippen molar-refractivity contribution in [2.24, 2.45) is 0 Å². The van der Waals surface area contributed by atoms with Crippen LogP contribution in [0.3, 0.4) is 0 Å². The normalized spacial score (nSPS) is 14.8. The number of hydrogen-bond donors (Lipinski definition) is 0. The standard InChI is InChI=1S/C21H25N5/c1-17-6-5-9-19(22-17)16-25-13-12-21-24-23-20(26(21)15-14-25)11-10-18-7-3-2-4-8-18/h2-9H,10-16H2,1H3. The van der Waals surface area contributed by atoms with Crippen molar-refractivity contribution in [3.63, 3.8) is 0 Å². The van der Waals surface area contributed by atoms with E-state index in [4.69, 9.17) is 0 Å². The van der Waals surface area contributed by atoms with Crippen LogP contribution in [0.5, 0.6) is 0 Å². The summed E-state index contributed by atoms with van der Waals surface area (Å²) in [6, 6.07) is 16.9. The molecule has 4 rings (SSSR count). The summed E-state index contributed by atoms with van der Waals surface area (Å²) in [5, 5.41) is 8.91. The van der Waals surface area contributed by atoms with E-state index in [1.807, 2.05) is 13.0 Å². The molecular weight excluding hydrogens is 322 g/mol. The van der Waals surface area contributed by atoms with Crippen molar-refractivity contribution in [2.45, 2.75) is 39.3 Å². The van der Waals surface area contributed by atoms with E-state index in [1.165, 1.54) is 5.56 Å². The Morgan fingerprint density at radius 1 is 0.885 bits per heavy atom. The smallest absolute Gasteiger partial charge is 0.134 e. The van der Waals surface area contributed by atoms with Crippen LogP contribution in [0.25, 0.3) is 0 Å². The van der Waals surface area contributed by atoms with Gasteiger partial charge in [0, 0.05) is 44.7 Å². The molecule has 0 amide bonds. The van der Waals surface area contributed by atoms with Gasteiger partial charge in [-0.15, -0.1) is 10.2 Å². The van der Waals surface area contributed by atoms with Gasteiger partial charge in [0.2, 0.25) is 0 Å². The minimum atomic E-state index is 0.902. The average molecular weight is 347 g/mol. The summed E-state index contributed by atoms with van der Waals surface area (Å²) >= 11 is 0. The molecule has 5 nitrogen and oxygen atoms in total. The molecule has 0 N–H and O–H groups in total. The predicted molar refractivity (Wildman–Crippen MR) is 102 cm³/mol. The van der Waals surface area contributed by atoms with Crippen LogP contribution in [0.15, 0.2) is 48.5 Å². The lowest BCUT2D eigenvalue weighted by Crippen LogP contribution is -2.27. The molecule has 1 aromatic carbocycles. The lowest BCUT2D eigenvalue weighted by molar-refractivity contribution is 0.267. The molecule has 26 heavy (non-hydrogen) atoms. The van der Waals surface area contributed by atoms with Crippen LogP contribution in [-0.4, -0.2) is 37.7 Å². The molecule has 0 unspecified atom stereocenters. The van der Waals surface area contributed by atoms with E-state index in [9.17, 15) is 0 Å². The molecule has 0 saturated heterocycles. The van der Waals surface area contributed by atoms with E-state index in [-0.39, 0.29) is 0 Å². The Morgan fingerprint density at radius 3 is 2.62 bits per heavy atom. The van der Waals surface area contributed by atoms with E-state index in [2.05, 4.69) is 67.1 Å². The molecule has 0 spiro atoms. The molecule has 2 aromatic heterocycles. The third-order valence-corrected chi connectivity index (χ3v) is 5.01. The molecule has 0 atom stereocenters. The highest BCUT2D eigenvalue weighted by molar-refractivity contribution is 5.16. The minimum absolute atomic E-state index is 0.902. The fourth-order valence-electron chi connectivity index (χ4n) is 3.59. The van der Waals surface area contributed by atoms with Gasteiger partial charge in [-0.1, -0.05) is 36.4 Å². The zero-order chi connectivity index (χ0) is 17.8. The summed E-state index contributed by atoms with van der Waals surface area (Å²) < 4.78 is 2.33. The van der Waals surface area contributed by atoms with Crippen LogP contribution in [0.1, 0.15) is 28.6 Å². The van der Waals surface area contributed by atoms with E-state index in [1.54, 1.807) is 0 Å². The molecule has 3 heterocycles. The van der Waals surface area contributed by atoms with Crippen molar-refractivity contribution in [1.29, 1.82) is 0 Å². The Hall–Kier alpha value is -2.53. The maximum absolute atomic E-state index is 4.64. The second kappa shape index (κ2) is 7.79. The van der Waals surface area contributed by atoms with Crippen LogP contribution in [0, 0.1) is 6.92 Å². The van der Waals surface area contributed by atoms with Gasteiger partial charge in [-0.05, 0) is 31.0 Å². The highest BCUT2D eigenvalue weighted by Crippen LogP contribution is 2.14. The number of benzene rings is 1. The summed E-state index contributed by atoms with van der Waals surface area (Å²) in [5.41, 5.74) is 3.58. The van der Waals surface area contributed by atoms with Crippen molar-refractivity contribution in [2.75, 3.05) is 13.1 Å². The van der Waals surface area contributed by atoms with Gasteiger partial charge in [-0.3, -0.25) is 9.88 Å². The summed E-state index contributed by atoms with van der Waals surface area (Å²) in [5.74, 6) is 2.23. The third kappa shape index (κ3) is 3.99. The van der Waals surface area contributed by atoms with Crippen molar-refractivity contribution in [3.8, 4) is 0 Å². The number of nitrogens with zero attached hydrogens (tertiary/aromatic N) is 5. The van der Waals surface area contributed by atoms with Crippen molar-refractivity contribution < 1.29 is 0 Å². The molecule has 1 aliphatic rings. The fourth-order valence-corrected chi connectivity index (χ4v) is 3.59. The summed E-state index contributed by atoms with van der Waals surface area (Å²) in [6.07, 6.45) is 2.90. The van der Waals surface area contributed by atoms with Gasteiger partial charge in [0.15, 0.2) is 0 Å². The molecule has 5 heteroatoms. The lowest BCUT2D eigenvalue weighted by atomic mass is 10.1. The fraction of sp³-hybridized carbons (Fsp3) is 0.381. The molecule has 134 valence electrons. The highest BCUT2D eigenvalue weighted by Gasteiger charge is 2.19. The Balaban J connectivity index is 1.39. The average Bonchev–Trinajstić information content (AvgIpc) is 2.94. The highest BCUT2D eigenvalue weighted by atomic mass is 15.3. The van der Waals surface area contributed by atoms with E-state index < -0.39 is 0 Å². The van der Waals surface area contributed by atoms with Crippen molar-refractivity contribution >= 4 is 0 Å². The van der Waals surface area contributed by atoms with E-state index in [0.717, 1.165) is 68.5 Å². The number of rotatable bonds is 5. The molecule has 0 saturated carbocycles. The van der Waals surface area contributed by atoms with Gasteiger partial charge in [-0.2, -0.15) is 0 Å². The molecule has 0 aliphatic carbocycles. The third-order valence-electron chi connectivity index (χ3n) is 5.01. The number of hydrogen-bond acceptors (Lipinski definition) is 4. The topological polar surface area (TPSA) is 46.8 Å². The van der Waals surface area contributed by atoms with Crippen LogP contribution >= 0.6 is 0 Å². The van der Waals surface area contributed by atoms with Gasteiger partial charge in [0.25, 0.3) is 0 Å². The Morgan fingerprint density at radius 2 is 1.77 bits per heavy atom. The maximum atomic E-state index is 4.64. The number of pyridine rings is 1. The Kier molecular flexibility index (Phi) is 5.07. The molecule has 0 bridgehead atoms. The van der Waals surface area contributed by atoms with Gasteiger partial charge < -0.3 is 4.57 Å². The molecule has 0 radical (unpaired) electrons. The Labute approximate surface area is 154 Å². The number of aromatic nitrogens is 4. The van der Waals surface area contributed by atoms with Crippen LogP contribution in [0.4, 0.5) is 0 Å². The van der Waals surface area contributed by atoms with Crippen LogP contribution in [0.2, 0.25) is 0 Å². The Bertz CT molecular complexity index is 856. The molecule has 3 aromatic rings. The van der Waals surface area contributed by atoms with Crippen LogP contribution < -0.4 is 0 Å². The SMILES string of the molecule is Cc1cccc(CN2CCc3nnc(CCc4ccccc4)n3CC2)n1. The zero-order valence-electron chi connectivity index (χ0n) is 15.3. The second-order valence-corrected chi connectivity index (χ2v) is 6.97. The van der Waals surface area contributed by atoms with E-state index >= 15 is 0 Å². The van der Waals surface area contributed by atoms with Gasteiger partial charge in [0.05, 0.1) is 5.69 Å². The maximum Gasteiger partial charge on any atom is 0.134 e. The first kappa shape index (κ1) is 16.9. The zero-order valence-corrected chi connectivity index (χ0v) is 15.3. The minimum Gasteiger partial charge on any atom is -0.314 e. The largest absolute Gasteiger partial charge is 0.314 e. The van der Waals surface area contributed by atoms with Crippen molar-refractivity contribution in [1.82, 2.24) is 24.6 Å². The van der Waals surface area contributed by atoms with Gasteiger partial charge >= 0.3 is 0 Å². The molecule has 1 aliphatic heterocycles.